The van der Waals surface area contributed by atoms with E-state index in [1.165, 1.54) is 0 Å². The van der Waals surface area contributed by atoms with Gasteiger partial charge in [-0.25, -0.2) is 4.79 Å². The maximum atomic E-state index is 14.7. The van der Waals surface area contributed by atoms with E-state index < -0.39 is 29.3 Å². The van der Waals surface area contributed by atoms with Crippen LogP contribution in [0.1, 0.15) is 115 Å². The van der Waals surface area contributed by atoms with E-state index in [1.54, 1.807) is 49.9 Å². The van der Waals surface area contributed by atoms with Crippen molar-refractivity contribution in [1.82, 2.24) is 15.5 Å². The largest absolute Gasteiger partial charge is 0.508 e. The lowest BCUT2D eigenvalue weighted by Gasteiger charge is -2.36. The number of rotatable bonds is 14. The van der Waals surface area contributed by atoms with E-state index in [-0.39, 0.29) is 24.0 Å². The Morgan fingerprint density at radius 3 is 1.98 bits per heavy atom. The van der Waals surface area contributed by atoms with Crippen LogP contribution in [0.15, 0.2) is 42.5 Å². The van der Waals surface area contributed by atoms with Gasteiger partial charge in [0.05, 0.1) is 0 Å². The van der Waals surface area contributed by atoms with Gasteiger partial charge in [0.2, 0.25) is 11.8 Å². The molecule has 0 saturated heterocycles. The number of hydrogen-bond acceptors (Lipinski definition) is 5. The Bertz CT molecular complexity index is 1210. The smallest absolute Gasteiger partial charge is 0.408 e. The van der Waals surface area contributed by atoms with E-state index in [1.807, 2.05) is 52.8 Å². The third-order valence-electron chi connectivity index (χ3n) is 7.02. The number of amides is 3. The van der Waals surface area contributed by atoms with Crippen molar-refractivity contribution in [3.63, 3.8) is 0 Å². The molecule has 8 nitrogen and oxygen atoms in total. The zero-order chi connectivity index (χ0) is 33.1. The number of carbonyl (C=O) groups excluding carboxylic acids is 3. The van der Waals surface area contributed by atoms with Crippen molar-refractivity contribution < 1.29 is 24.2 Å². The van der Waals surface area contributed by atoms with Gasteiger partial charge in [-0.05, 0) is 85.1 Å². The zero-order valence-electron chi connectivity index (χ0n) is 28.4. The topological polar surface area (TPSA) is 108 Å². The first-order chi connectivity index (χ1) is 20.5. The Morgan fingerprint density at radius 1 is 0.864 bits per heavy atom. The van der Waals surface area contributed by atoms with Gasteiger partial charge in [0.15, 0.2) is 0 Å². The minimum absolute atomic E-state index is 0.107. The van der Waals surface area contributed by atoms with Crippen molar-refractivity contribution in [3.05, 3.63) is 64.7 Å². The predicted octanol–water partition coefficient (Wildman–Crippen LogP) is 7.29. The molecule has 3 amide bonds. The summed E-state index contributed by atoms with van der Waals surface area (Å²) in [5.74, 6) is -0.539. The summed E-state index contributed by atoms with van der Waals surface area (Å²) in [7, 11) is 0. The van der Waals surface area contributed by atoms with Gasteiger partial charge in [0, 0.05) is 18.5 Å². The number of phenols is 1. The molecule has 2 rings (SSSR count). The summed E-state index contributed by atoms with van der Waals surface area (Å²) in [6, 6.07) is 10.6. The first kappa shape index (κ1) is 36.6. The first-order valence-electron chi connectivity index (χ1n) is 16.0. The van der Waals surface area contributed by atoms with Crippen molar-refractivity contribution >= 4 is 17.9 Å². The van der Waals surface area contributed by atoms with Gasteiger partial charge in [-0.2, -0.15) is 0 Å². The van der Waals surface area contributed by atoms with Crippen LogP contribution in [0.4, 0.5) is 4.79 Å². The van der Waals surface area contributed by atoms with Crippen LogP contribution < -0.4 is 10.6 Å². The number of phenolic OH excluding ortho intramolecular Hbond substituents is 1. The number of benzene rings is 2. The Morgan fingerprint density at radius 2 is 1.43 bits per heavy atom. The molecule has 0 aliphatic heterocycles. The van der Waals surface area contributed by atoms with Gasteiger partial charge in [0.1, 0.15) is 23.4 Å². The van der Waals surface area contributed by atoms with Crippen molar-refractivity contribution in [2.75, 3.05) is 6.54 Å². The molecule has 0 heterocycles. The fraction of sp³-hybridized carbons (Fsp3) is 0.583. The van der Waals surface area contributed by atoms with E-state index in [0.29, 0.717) is 6.54 Å². The van der Waals surface area contributed by atoms with Gasteiger partial charge in [-0.15, -0.1) is 0 Å². The molecule has 2 unspecified atom stereocenters. The number of carbonyl (C=O) groups is 3. The summed E-state index contributed by atoms with van der Waals surface area (Å²) < 4.78 is 5.54. The second-order valence-electron chi connectivity index (χ2n) is 13.9. The number of unbranched alkanes of at least 4 members (excludes halogenated alkanes) is 5. The van der Waals surface area contributed by atoms with Gasteiger partial charge >= 0.3 is 6.09 Å². The fourth-order valence-corrected chi connectivity index (χ4v) is 5.23. The van der Waals surface area contributed by atoms with E-state index >= 15 is 0 Å². The molecule has 0 saturated carbocycles. The molecule has 0 aliphatic carbocycles. The van der Waals surface area contributed by atoms with E-state index in [0.717, 1.165) is 60.8 Å². The van der Waals surface area contributed by atoms with Crippen molar-refractivity contribution in [3.8, 4) is 5.75 Å². The van der Waals surface area contributed by atoms with Gasteiger partial charge in [-0.3, -0.25) is 9.59 Å². The fourth-order valence-electron chi connectivity index (χ4n) is 5.23. The molecule has 0 spiro atoms. The Labute approximate surface area is 264 Å². The quantitative estimate of drug-likeness (QED) is 0.195. The van der Waals surface area contributed by atoms with Crippen molar-refractivity contribution in [2.24, 2.45) is 0 Å². The second-order valence-corrected chi connectivity index (χ2v) is 13.9. The lowest BCUT2D eigenvalue weighted by atomic mass is 9.96. The van der Waals surface area contributed by atoms with E-state index in [4.69, 9.17) is 4.74 Å². The number of ether oxygens (including phenoxy) is 1. The summed E-state index contributed by atoms with van der Waals surface area (Å²) in [5, 5.41) is 15.7. The highest BCUT2D eigenvalue weighted by Crippen LogP contribution is 2.27. The lowest BCUT2D eigenvalue weighted by molar-refractivity contribution is -0.143. The van der Waals surface area contributed by atoms with Crippen LogP contribution in [0.25, 0.3) is 0 Å². The number of nitrogens with zero attached hydrogens (tertiary/aromatic N) is 1. The molecular formula is C36H55N3O5. The molecule has 0 aromatic heterocycles. The first-order valence-corrected chi connectivity index (χ1v) is 16.0. The molecular weight excluding hydrogens is 554 g/mol. The van der Waals surface area contributed by atoms with Gasteiger partial charge < -0.3 is 25.4 Å². The van der Waals surface area contributed by atoms with Gasteiger partial charge in [-0.1, -0.05) is 80.5 Å². The molecule has 8 heteroatoms. The number of aromatic hydroxyl groups is 1. The third kappa shape index (κ3) is 13.0. The Balaban J connectivity index is 2.60. The number of aryl methyl sites for hydroxylation is 2. The molecule has 0 radical (unpaired) electrons. The number of nitrogens with one attached hydrogen (secondary N) is 2. The minimum Gasteiger partial charge on any atom is -0.508 e. The molecule has 0 aliphatic rings. The highest BCUT2D eigenvalue weighted by atomic mass is 16.6. The van der Waals surface area contributed by atoms with Crippen molar-refractivity contribution in [2.45, 2.75) is 130 Å². The molecule has 2 atom stereocenters. The Hall–Kier alpha value is -3.55. The molecule has 244 valence electrons. The maximum Gasteiger partial charge on any atom is 0.408 e. The van der Waals surface area contributed by atoms with E-state index in [9.17, 15) is 19.5 Å². The van der Waals surface area contributed by atoms with Gasteiger partial charge in [0.25, 0.3) is 0 Å². The number of alkyl carbamates (subject to hydrolysis) is 1. The van der Waals surface area contributed by atoms with Crippen LogP contribution in [0.3, 0.4) is 0 Å². The SMILES string of the molecule is CCCCCCCCN(C(=O)C(Cc1ccc(O)cc1)NC(=O)OC(C)(C)C)C(C(=O)NC(C)(C)C)c1cc(C)cc(C)c1. The molecule has 0 bridgehead atoms. The standard InChI is InChI=1S/C36H55N3O5/c1-10-11-12-13-14-15-20-39(31(32(41)38-35(4,5)6)28-22-25(2)21-26(3)23-28)33(42)30(37-34(43)44-36(7,8)9)24-27-16-18-29(40)19-17-27/h16-19,21-23,30-31,40H,10-15,20,24H2,1-9H3,(H,37,43)(H,38,41). The normalized spacial score (nSPS) is 13.1. The molecule has 44 heavy (non-hydrogen) atoms. The summed E-state index contributed by atoms with van der Waals surface area (Å²) in [5.41, 5.74) is 2.18. The number of hydrogen-bond donors (Lipinski definition) is 3. The molecule has 0 fully saturated rings. The lowest BCUT2D eigenvalue weighted by Crippen LogP contribution is -2.55. The second kappa shape index (κ2) is 16.5. The van der Waals surface area contributed by atoms with Crippen molar-refractivity contribution in [1.29, 1.82) is 0 Å². The molecule has 2 aromatic rings. The van der Waals surface area contributed by atoms with Crippen LogP contribution in [-0.2, 0) is 20.7 Å². The van der Waals surface area contributed by atoms with Crippen LogP contribution in [0.2, 0.25) is 0 Å². The summed E-state index contributed by atoms with van der Waals surface area (Å²) in [4.78, 5) is 43.4. The van der Waals surface area contributed by atoms with Crippen LogP contribution in [0.5, 0.6) is 5.75 Å². The maximum absolute atomic E-state index is 14.7. The average molecular weight is 610 g/mol. The minimum atomic E-state index is -1.01. The zero-order valence-corrected chi connectivity index (χ0v) is 28.4. The third-order valence-corrected chi connectivity index (χ3v) is 7.02. The average Bonchev–Trinajstić information content (AvgIpc) is 2.87. The summed E-state index contributed by atoms with van der Waals surface area (Å²) in [6.07, 6.45) is 5.56. The molecule has 2 aromatic carbocycles. The Kier molecular flexibility index (Phi) is 13.7. The van der Waals surface area contributed by atoms with Crippen LogP contribution in [-0.4, -0.2) is 51.6 Å². The highest BCUT2D eigenvalue weighted by Gasteiger charge is 2.37. The highest BCUT2D eigenvalue weighted by molar-refractivity contribution is 5.92. The summed E-state index contributed by atoms with van der Waals surface area (Å²) in [6.45, 7) is 17.5. The monoisotopic (exact) mass is 609 g/mol. The van der Waals surface area contributed by atoms with E-state index in [2.05, 4.69) is 17.6 Å². The summed E-state index contributed by atoms with van der Waals surface area (Å²) >= 11 is 0. The van der Waals surface area contributed by atoms with Crippen LogP contribution in [0, 0.1) is 13.8 Å². The van der Waals surface area contributed by atoms with Crippen LogP contribution >= 0.6 is 0 Å². The predicted molar refractivity (Wildman–Crippen MR) is 177 cm³/mol. The molecule has 3 N–H and O–H groups in total.